The Labute approximate surface area is 209 Å². The molecule has 3 rings (SSSR count). The minimum atomic E-state index is -3.23. The van der Waals surface area contributed by atoms with Crippen LogP contribution >= 0.6 is 0 Å². The number of urea groups is 1. The smallest absolute Gasteiger partial charge is 0.327 e. The van der Waals surface area contributed by atoms with E-state index in [1.54, 1.807) is 0 Å². The normalized spacial score (nSPS) is 28.4. The molecule has 3 N–H and O–H groups in total. The molecule has 3 fully saturated rings. The van der Waals surface area contributed by atoms with Gasteiger partial charge in [0.05, 0.1) is 16.5 Å². The van der Waals surface area contributed by atoms with E-state index in [2.05, 4.69) is 10.6 Å². The summed E-state index contributed by atoms with van der Waals surface area (Å²) in [6, 6.07) is -2.53. The Kier molecular flexibility index (Phi) is 7.94. The van der Waals surface area contributed by atoms with E-state index in [-0.39, 0.29) is 11.7 Å². The van der Waals surface area contributed by atoms with Crippen molar-refractivity contribution in [2.45, 2.75) is 102 Å². The number of nitrogens with zero attached hydrogens (tertiary/aromatic N) is 1. The van der Waals surface area contributed by atoms with Gasteiger partial charge in [-0.3, -0.25) is 4.79 Å². The van der Waals surface area contributed by atoms with Crippen LogP contribution in [0.25, 0.3) is 0 Å². The lowest BCUT2D eigenvalue weighted by atomic mass is 9.78. The van der Waals surface area contributed by atoms with E-state index < -0.39 is 56.0 Å². The summed E-state index contributed by atoms with van der Waals surface area (Å²) in [5.74, 6) is -1.64. The molecule has 1 aliphatic carbocycles. The van der Waals surface area contributed by atoms with Crippen molar-refractivity contribution >= 4 is 27.7 Å². The monoisotopic (exact) mass is 511 g/mol. The standard InChI is InChI=1S/C25H41N3O6S/c1-16(2)15-17-9-13-28(19(17)22(30)31)21(29)20(24(3,4)5)26-23(32)27-25(11-7-6-8-12-25)18-10-14-35(18,33)34/h15,17-20H,6-14H2,1-5H3,(H,30,31)(H2,26,27,32)/t17-,18+,19+,20-/m1/s1. The summed E-state index contributed by atoms with van der Waals surface area (Å²) in [6.45, 7) is 9.56. The highest BCUT2D eigenvalue weighted by molar-refractivity contribution is 7.93. The number of hydrogen-bond acceptors (Lipinski definition) is 5. The molecular weight excluding hydrogens is 470 g/mol. The lowest BCUT2D eigenvalue weighted by Crippen LogP contribution is -2.67. The Hall–Kier alpha value is -2.10. The van der Waals surface area contributed by atoms with Crippen molar-refractivity contribution in [2.75, 3.05) is 12.3 Å². The third kappa shape index (κ3) is 5.84. The van der Waals surface area contributed by atoms with Crippen LogP contribution < -0.4 is 10.6 Å². The summed E-state index contributed by atoms with van der Waals surface area (Å²) >= 11 is 0. The molecule has 2 heterocycles. The predicted octanol–water partition coefficient (Wildman–Crippen LogP) is 2.86. The minimum Gasteiger partial charge on any atom is -0.480 e. The Balaban J connectivity index is 1.81. The third-order valence-electron chi connectivity index (χ3n) is 7.74. The lowest BCUT2D eigenvalue weighted by Gasteiger charge is -2.47. The zero-order valence-corrected chi connectivity index (χ0v) is 22.4. The van der Waals surface area contributed by atoms with Crippen LogP contribution in [0, 0.1) is 11.3 Å². The molecule has 0 radical (unpaired) electrons. The fourth-order valence-corrected chi connectivity index (χ4v) is 7.79. The van der Waals surface area contributed by atoms with E-state index in [4.69, 9.17) is 0 Å². The SMILES string of the molecule is CC(C)=C[C@H]1CCN(C(=O)[C@@H](NC(=O)NC2([C@@H]3CCS3(=O)=O)CCCCC2)C(C)(C)C)[C@@H]1C(=O)O. The first kappa shape index (κ1) is 27.5. The summed E-state index contributed by atoms with van der Waals surface area (Å²) in [7, 11) is -3.23. The fourth-order valence-electron chi connectivity index (χ4n) is 5.95. The molecule has 198 valence electrons. The first-order chi connectivity index (χ1) is 16.2. The van der Waals surface area contributed by atoms with Gasteiger partial charge < -0.3 is 20.6 Å². The average Bonchev–Trinajstić information content (AvgIpc) is 3.13. The van der Waals surface area contributed by atoms with E-state index in [1.165, 1.54) is 4.90 Å². The summed E-state index contributed by atoms with van der Waals surface area (Å²) in [6.07, 6.45) is 6.83. The van der Waals surface area contributed by atoms with Gasteiger partial charge in [0.2, 0.25) is 5.91 Å². The van der Waals surface area contributed by atoms with Gasteiger partial charge in [-0.1, -0.05) is 51.7 Å². The molecule has 9 nitrogen and oxygen atoms in total. The van der Waals surface area contributed by atoms with Crippen molar-refractivity contribution in [3.05, 3.63) is 11.6 Å². The molecule has 0 aromatic rings. The first-order valence-electron chi connectivity index (χ1n) is 12.7. The van der Waals surface area contributed by atoms with Crippen LogP contribution in [-0.4, -0.2) is 71.5 Å². The number of likely N-dealkylation sites (tertiary alicyclic amines) is 1. The Morgan fingerprint density at radius 3 is 2.17 bits per heavy atom. The van der Waals surface area contributed by atoms with Gasteiger partial charge in [-0.05, 0) is 44.9 Å². The molecule has 0 aromatic heterocycles. The van der Waals surface area contributed by atoms with Gasteiger partial charge in [0.1, 0.15) is 12.1 Å². The van der Waals surface area contributed by atoms with Crippen molar-refractivity contribution in [1.29, 1.82) is 0 Å². The quantitative estimate of drug-likeness (QED) is 0.470. The molecule has 10 heteroatoms. The van der Waals surface area contributed by atoms with Crippen LogP contribution in [0.4, 0.5) is 4.79 Å². The van der Waals surface area contributed by atoms with E-state index >= 15 is 0 Å². The maximum Gasteiger partial charge on any atom is 0.327 e. The highest BCUT2D eigenvalue weighted by Crippen LogP contribution is 2.40. The molecule has 2 aliphatic heterocycles. The molecule has 3 amide bonds. The second-order valence-corrected chi connectivity index (χ2v) is 14.1. The van der Waals surface area contributed by atoms with Crippen LogP contribution in [0.1, 0.15) is 79.6 Å². The zero-order chi connectivity index (χ0) is 26.2. The molecule has 1 saturated carbocycles. The molecule has 3 aliphatic rings. The van der Waals surface area contributed by atoms with Gasteiger partial charge >= 0.3 is 12.0 Å². The largest absolute Gasteiger partial charge is 0.480 e. The molecule has 0 aromatic carbocycles. The van der Waals surface area contributed by atoms with Crippen molar-refractivity contribution in [1.82, 2.24) is 15.5 Å². The Morgan fingerprint density at radius 2 is 1.71 bits per heavy atom. The number of aliphatic carboxylic acids is 1. The minimum absolute atomic E-state index is 0.143. The van der Waals surface area contributed by atoms with E-state index in [0.717, 1.165) is 24.8 Å². The molecule has 0 bridgehead atoms. The topological polar surface area (TPSA) is 133 Å². The number of carbonyl (C=O) groups is 3. The van der Waals surface area contributed by atoms with Crippen molar-refractivity contribution in [3.8, 4) is 0 Å². The summed E-state index contributed by atoms with van der Waals surface area (Å²) in [5, 5.41) is 15.1. The summed E-state index contributed by atoms with van der Waals surface area (Å²) in [4.78, 5) is 40.4. The van der Waals surface area contributed by atoms with Gasteiger partial charge in [-0.25, -0.2) is 18.0 Å². The molecule has 0 spiro atoms. The molecular formula is C25H41N3O6S. The second kappa shape index (κ2) is 10.1. The first-order valence-corrected chi connectivity index (χ1v) is 14.4. The summed E-state index contributed by atoms with van der Waals surface area (Å²) < 4.78 is 25.0. The fraction of sp³-hybridized carbons (Fsp3) is 0.800. The van der Waals surface area contributed by atoms with Gasteiger partial charge in [-0.15, -0.1) is 0 Å². The number of allylic oxidation sites excluding steroid dienone is 1. The van der Waals surface area contributed by atoms with Crippen LogP contribution in [0.2, 0.25) is 0 Å². The van der Waals surface area contributed by atoms with E-state index in [1.807, 2.05) is 40.7 Å². The van der Waals surface area contributed by atoms with Crippen LogP contribution in [0.3, 0.4) is 0 Å². The number of sulfone groups is 1. The van der Waals surface area contributed by atoms with Gasteiger partial charge in [0, 0.05) is 12.5 Å². The number of amides is 3. The number of rotatable bonds is 6. The van der Waals surface area contributed by atoms with Gasteiger partial charge in [-0.2, -0.15) is 0 Å². The molecule has 35 heavy (non-hydrogen) atoms. The third-order valence-corrected chi connectivity index (χ3v) is 10.1. The van der Waals surface area contributed by atoms with Crippen molar-refractivity contribution in [2.24, 2.45) is 11.3 Å². The van der Waals surface area contributed by atoms with Crippen LogP contribution in [-0.2, 0) is 19.4 Å². The summed E-state index contributed by atoms with van der Waals surface area (Å²) in [5.41, 5.74) is -0.519. The molecule has 0 unspecified atom stereocenters. The van der Waals surface area contributed by atoms with Crippen molar-refractivity contribution < 1.29 is 27.9 Å². The van der Waals surface area contributed by atoms with E-state index in [0.29, 0.717) is 32.2 Å². The number of nitrogens with one attached hydrogen (secondary N) is 2. The Morgan fingerprint density at radius 1 is 1.09 bits per heavy atom. The number of carboxylic acids is 1. The zero-order valence-electron chi connectivity index (χ0n) is 21.6. The second-order valence-electron chi connectivity index (χ2n) is 11.8. The number of hydrogen-bond donors (Lipinski definition) is 3. The maximum atomic E-state index is 13.7. The number of carboxylic acid groups (broad SMARTS) is 1. The molecule has 2 saturated heterocycles. The highest BCUT2D eigenvalue weighted by atomic mass is 32.2. The van der Waals surface area contributed by atoms with Crippen LogP contribution in [0.15, 0.2) is 11.6 Å². The average molecular weight is 512 g/mol. The Bertz CT molecular complexity index is 974. The van der Waals surface area contributed by atoms with Gasteiger partial charge in [0.25, 0.3) is 0 Å². The molecule has 4 atom stereocenters. The van der Waals surface area contributed by atoms with Gasteiger partial charge in [0.15, 0.2) is 9.84 Å². The number of carbonyl (C=O) groups excluding carboxylic acids is 2. The lowest BCUT2D eigenvalue weighted by molar-refractivity contribution is -0.150. The predicted molar refractivity (Wildman–Crippen MR) is 134 cm³/mol. The van der Waals surface area contributed by atoms with E-state index in [9.17, 15) is 27.9 Å². The van der Waals surface area contributed by atoms with Crippen LogP contribution in [0.5, 0.6) is 0 Å². The van der Waals surface area contributed by atoms with Crippen molar-refractivity contribution in [3.63, 3.8) is 0 Å². The highest BCUT2D eigenvalue weighted by Gasteiger charge is 2.53. The maximum absolute atomic E-state index is 13.7.